The molecule has 4 heteroatoms. The smallest absolute Gasteiger partial charge is 0.305 e. The molecule has 0 unspecified atom stereocenters. The summed E-state index contributed by atoms with van der Waals surface area (Å²) >= 11 is 0. The monoisotopic (exact) mass is 288 g/mol. The molecule has 0 atom stereocenters. The minimum Gasteiger partial charge on any atom is -0.466 e. The number of hydrogen-bond donors (Lipinski definition) is 0. The molecule has 0 saturated carbocycles. The van der Waals surface area contributed by atoms with Crippen molar-refractivity contribution < 1.29 is 19.0 Å². The van der Waals surface area contributed by atoms with Crippen LogP contribution in [0.2, 0.25) is 0 Å². The molecule has 0 aliphatic heterocycles. The summed E-state index contributed by atoms with van der Waals surface area (Å²) in [6.07, 6.45) is 7.97. The van der Waals surface area contributed by atoms with Crippen molar-refractivity contribution in [1.82, 2.24) is 0 Å². The summed E-state index contributed by atoms with van der Waals surface area (Å²) in [5, 5.41) is 0. The predicted octanol–water partition coefficient (Wildman–Crippen LogP) is 3.72. The summed E-state index contributed by atoms with van der Waals surface area (Å²) in [5.41, 5.74) is 0. The van der Waals surface area contributed by atoms with Crippen molar-refractivity contribution in [3.05, 3.63) is 0 Å². The highest BCUT2D eigenvalue weighted by Gasteiger charge is 2.02. The quantitative estimate of drug-likeness (QED) is 0.340. The van der Waals surface area contributed by atoms with Gasteiger partial charge in [0.2, 0.25) is 0 Å². The molecule has 20 heavy (non-hydrogen) atoms. The first-order valence-corrected chi connectivity index (χ1v) is 8.12. The lowest BCUT2D eigenvalue weighted by Crippen LogP contribution is -2.09. The zero-order valence-electron chi connectivity index (χ0n) is 13.3. The van der Waals surface area contributed by atoms with Crippen molar-refractivity contribution in [3.8, 4) is 0 Å². The second-order valence-corrected chi connectivity index (χ2v) is 4.96. The molecule has 0 bridgehead atoms. The Balaban J connectivity index is 3.11. The third-order valence-corrected chi connectivity index (χ3v) is 2.94. The molecule has 120 valence electrons. The number of carbonyl (C=O) groups is 1. The van der Waals surface area contributed by atoms with Crippen LogP contribution in [0.4, 0.5) is 0 Å². The van der Waals surface area contributed by atoms with E-state index in [0.29, 0.717) is 32.8 Å². The summed E-state index contributed by atoms with van der Waals surface area (Å²) < 4.78 is 15.9. The summed E-state index contributed by atoms with van der Waals surface area (Å²) in [6, 6.07) is 0. The average molecular weight is 288 g/mol. The SMILES string of the molecule is CCCCCCOC(=O)CCCOCCOCCCC. The molecule has 4 nitrogen and oxygen atoms in total. The molecule has 0 radical (unpaired) electrons. The molecule has 0 N–H and O–H groups in total. The van der Waals surface area contributed by atoms with Crippen LogP contribution < -0.4 is 0 Å². The molecule has 0 fully saturated rings. The third-order valence-electron chi connectivity index (χ3n) is 2.94. The zero-order valence-corrected chi connectivity index (χ0v) is 13.3. The Labute approximate surface area is 124 Å². The average Bonchev–Trinajstić information content (AvgIpc) is 2.45. The van der Waals surface area contributed by atoms with Gasteiger partial charge in [-0.3, -0.25) is 4.79 Å². The number of unbranched alkanes of at least 4 members (excludes halogenated alkanes) is 4. The summed E-state index contributed by atoms with van der Waals surface area (Å²) in [4.78, 5) is 11.4. The fourth-order valence-electron chi connectivity index (χ4n) is 1.67. The first-order chi connectivity index (χ1) is 9.81. The number of hydrogen-bond acceptors (Lipinski definition) is 4. The first kappa shape index (κ1) is 19.4. The van der Waals surface area contributed by atoms with Gasteiger partial charge in [0, 0.05) is 19.6 Å². The Bertz CT molecular complexity index is 207. The van der Waals surface area contributed by atoms with Gasteiger partial charge in [0.15, 0.2) is 0 Å². The van der Waals surface area contributed by atoms with E-state index in [4.69, 9.17) is 14.2 Å². The standard InChI is InChI=1S/C16H32O4/c1-3-5-7-8-13-20-16(17)10-9-12-19-15-14-18-11-6-4-2/h3-15H2,1-2H3. The number of ether oxygens (including phenoxy) is 3. The van der Waals surface area contributed by atoms with E-state index in [1.54, 1.807) is 0 Å². The van der Waals surface area contributed by atoms with Crippen molar-refractivity contribution >= 4 is 5.97 Å². The molecule has 0 saturated heterocycles. The van der Waals surface area contributed by atoms with Crippen molar-refractivity contribution in [3.63, 3.8) is 0 Å². The Kier molecular flexibility index (Phi) is 15.9. The second kappa shape index (κ2) is 16.4. The van der Waals surface area contributed by atoms with Crippen LogP contribution in [-0.4, -0.2) is 39.0 Å². The zero-order chi connectivity index (χ0) is 14.9. The van der Waals surface area contributed by atoms with Gasteiger partial charge >= 0.3 is 5.97 Å². The van der Waals surface area contributed by atoms with Gasteiger partial charge in [-0.2, -0.15) is 0 Å². The Morgan fingerprint density at radius 2 is 1.35 bits per heavy atom. The maximum Gasteiger partial charge on any atom is 0.305 e. The van der Waals surface area contributed by atoms with Crippen LogP contribution >= 0.6 is 0 Å². The van der Waals surface area contributed by atoms with Crippen LogP contribution in [0.25, 0.3) is 0 Å². The van der Waals surface area contributed by atoms with Gasteiger partial charge in [0.05, 0.1) is 19.8 Å². The van der Waals surface area contributed by atoms with Crippen LogP contribution in [0.5, 0.6) is 0 Å². The van der Waals surface area contributed by atoms with Gasteiger partial charge in [0.1, 0.15) is 0 Å². The molecule has 0 aliphatic carbocycles. The number of esters is 1. The summed E-state index contributed by atoms with van der Waals surface area (Å²) in [5.74, 6) is -0.107. The molecule has 0 aromatic heterocycles. The van der Waals surface area contributed by atoms with E-state index in [2.05, 4.69) is 13.8 Å². The van der Waals surface area contributed by atoms with E-state index < -0.39 is 0 Å². The predicted molar refractivity (Wildman–Crippen MR) is 80.9 cm³/mol. The van der Waals surface area contributed by atoms with Gasteiger partial charge in [-0.15, -0.1) is 0 Å². The lowest BCUT2D eigenvalue weighted by atomic mass is 10.2. The molecule has 0 aliphatic rings. The lowest BCUT2D eigenvalue weighted by Gasteiger charge is -2.06. The Morgan fingerprint density at radius 1 is 0.700 bits per heavy atom. The van der Waals surface area contributed by atoms with Gasteiger partial charge in [-0.1, -0.05) is 39.5 Å². The fourth-order valence-corrected chi connectivity index (χ4v) is 1.67. The molecule has 0 spiro atoms. The van der Waals surface area contributed by atoms with E-state index in [-0.39, 0.29) is 5.97 Å². The number of rotatable bonds is 15. The summed E-state index contributed by atoms with van der Waals surface area (Å²) in [6.45, 7) is 7.53. The van der Waals surface area contributed by atoms with E-state index in [0.717, 1.165) is 38.7 Å². The van der Waals surface area contributed by atoms with E-state index >= 15 is 0 Å². The highest BCUT2D eigenvalue weighted by atomic mass is 16.5. The molecule has 0 rings (SSSR count). The maximum absolute atomic E-state index is 11.4. The van der Waals surface area contributed by atoms with Gasteiger partial charge in [-0.05, 0) is 19.3 Å². The van der Waals surface area contributed by atoms with Crippen LogP contribution in [0.15, 0.2) is 0 Å². The van der Waals surface area contributed by atoms with Crippen molar-refractivity contribution in [1.29, 1.82) is 0 Å². The van der Waals surface area contributed by atoms with E-state index in [1.165, 1.54) is 12.8 Å². The van der Waals surface area contributed by atoms with Crippen molar-refractivity contribution in [2.75, 3.05) is 33.0 Å². The van der Waals surface area contributed by atoms with Crippen LogP contribution in [0, 0.1) is 0 Å². The van der Waals surface area contributed by atoms with E-state index in [1.807, 2.05) is 0 Å². The normalized spacial score (nSPS) is 10.7. The summed E-state index contributed by atoms with van der Waals surface area (Å²) in [7, 11) is 0. The second-order valence-electron chi connectivity index (χ2n) is 4.96. The van der Waals surface area contributed by atoms with Crippen LogP contribution in [-0.2, 0) is 19.0 Å². The van der Waals surface area contributed by atoms with Gasteiger partial charge in [-0.25, -0.2) is 0 Å². The molecule has 0 heterocycles. The molecular weight excluding hydrogens is 256 g/mol. The largest absolute Gasteiger partial charge is 0.466 e. The Hall–Kier alpha value is -0.610. The van der Waals surface area contributed by atoms with E-state index in [9.17, 15) is 4.79 Å². The highest BCUT2D eigenvalue weighted by molar-refractivity contribution is 5.69. The van der Waals surface area contributed by atoms with Crippen LogP contribution in [0.1, 0.15) is 65.2 Å². The Morgan fingerprint density at radius 3 is 2.00 bits per heavy atom. The molecule has 0 aromatic rings. The number of carbonyl (C=O) groups excluding carboxylic acids is 1. The van der Waals surface area contributed by atoms with Gasteiger partial charge < -0.3 is 14.2 Å². The third kappa shape index (κ3) is 15.4. The molecule has 0 aromatic carbocycles. The first-order valence-electron chi connectivity index (χ1n) is 8.12. The molecule has 0 amide bonds. The van der Waals surface area contributed by atoms with Crippen LogP contribution in [0.3, 0.4) is 0 Å². The van der Waals surface area contributed by atoms with Crippen molar-refractivity contribution in [2.24, 2.45) is 0 Å². The van der Waals surface area contributed by atoms with Gasteiger partial charge in [0.25, 0.3) is 0 Å². The molecular formula is C16H32O4. The lowest BCUT2D eigenvalue weighted by molar-refractivity contribution is -0.144. The minimum absolute atomic E-state index is 0.107. The fraction of sp³-hybridized carbons (Fsp3) is 0.938. The minimum atomic E-state index is -0.107. The van der Waals surface area contributed by atoms with Crippen molar-refractivity contribution in [2.45, 2.75) is 65.2 Å². The topological polar surface area (TPSA) is 44.8 Å². The maximum atomic E-state index is 11.4. The highest BCUT2D eigenvalue weighted by Crippen LogP contribution is 2.01.